The largest absolute Gasteiger partial charge is 0.465 e. The topological polar surface area (TPSA) is 110 Å². The van der Waals surface area contributed by atoms with Crippen LogP contribution in [0.4, 0.5) is 11.4 Å². The molecular weight excluding hydrogens is 398 g/mol. The van der Waals surface area contributed by atoms with Crippen LogP contribution in [-0.2, 0) is 14.8 Å². The minimum Gasteiger partial charge on any atom is -0.465 e. The minimum absolute atomic E-state index is 0.189. The van der Waals surface area contributed by atoms with Crippen LogP contribution < -0.4 is 4.90 Å². The van der Waals surface area contributed by atoms with Gasteiger partial charge in [0.05, 0.1) is 17.6 Å². The Kier molecular flexibility index (Phi) is 5.85. The summed E-state index contributed by atoms with van der Waals surface area (Å²) in [4.78, 5) is 23.8. The van der Waals surface area contributed by atoms with E-state index in [1.807, 2.05) is 4.90 Å². The summed E-state index contributed by atoms with van der Waals surface area (Å²) < 4.78 is 32.1. The van der Waals surface area contributed by atoms with Crippen LogP contribution in [0.15, 0.2) is 53.4 Å². The molecule has 10 heteroatoms. The van der Waals surface area contributed by atoms with Crippen LogP contribution in [0.3, 0.4) is 0 Å². The lowest BCUT2D eigenvalue weighted by molar-refractivity contribution is -0.387. The van der Waals surface area contributed by atoms with Crippen molar-refractivity contribution in [3.8, 4) is 0 Å². The van der Waals surface area contributed by atoms with E-state index in [0.29, 0.717) is 18.7 Å². The van der Waals surface area contributed by atoms with E-state index < -0.39 is 32.6 Å². The lowest BCUT2D eigenvalue weighted by atomic mass is 10.1. The first-order valence-corrected chi connectivity index (χ1v) is 10.4. The molecule has 0 radical (unpaired) electrons. The highest BCUT2D eigenvalue weighted by Crippen LogP contribution is 2.29. The van der Waals surface area contributed by atoms with Crippen molar-refractivity contribution in [2.45, 2.75) is 17.9 Å². The first-order valence-electron chi connectivity index (χ1n) is 8.94. The van der Waals surface area contributed by atoms with Gasteiger partial charge in [0.15, 0.2) is 4.90 Å². The number of nitro groups is 1. The number of anilines is 1. The summed E-state index contributed by atoms with van der Waals surface area (Å²) >= 11 is 0. The first-order chi connectivity index (χ1) is 13.8. The SMILES string of the molecule is COC(=O)c1ccc(N2CCN(S(=O)(=O)c3ccccc3[N+](=O)[O-])C(C)C2)cc1. The molecule has 0 amide bonds. The Morgan fingerprint density at radius 3 is 2.38 bits per heavy atom. The summed E-state index contributed by atoms with van der Waals surface area (Å²) in [5.74, 6) is -0.426. The van der Waals surface area contributed by atoms with Crippen molar-refractivity contribution in [2.75, 3.05) is 31.6 Å². The number of carbonyl (C=O) groups is 1. The minimum atomic E-state index is -4.01. The molecule has 0 aliphatic carbocycles. The summed E-state index contributed by atoms with van der Waals surface area (Å²) in [6.07, 6.45) is 0. The normalized spacial score (nSPS) is 17.7. The van der Waals surface area contributed by atoms with Gasteiger partial charge in [0.2, 0.25) is 10.0 Å². The molecule has 1 fully saturated rings. The summed E-state index contributed by atoms with van der Waals surface area (Å²) in [7, 11) is -2.70. The third-order valence-corrected chi connectivity index (χ3v) is 6.93. The van der Waals surface area contributed by atoms with E-state index >= 15 is 0 Å². The van der Waals surface area contributed by atoms with Crippen LogP contribution in [-0.4, -0.2) is 56.4 Å². The van der Waals surface area contributed by atoms with Gasteiger partial charge in [-0.15, -0.1) is 0 Å². The fourth-order valence-corrected chi connectivity index (χ4v) is 5.18. The maximum atomic E-state index is 13.1. The number of sulfonamides is 1. The van der Waals surface area contributed by atoms with Crippen molar-refractivity contribution in [1.29, 1.82) is 0 Å². The number of rotatable bonds is 5. The number of para-hydroxylation sites is 1. The quantitative estimate of drug-likeness (QED) is 0.415. The van der Waals surface area contributed by atoms with E-state index in [1.165, 1.54) is 35.7 Å². The number of ether oxygens (including phenoxy) is 1. The van der Waals surface area contributed by atoms with E-state index in [1.54, 1.807) is 31.2 Å². The molecule has 1 heterocycles. The molecule has 3 rings (SSSR count). The maximum absolute atomic E-state index is 13.1. The Labute approximate surface area is 168 Å². The van der Waals surface area contributed by atoms with E-state index in [4.69, 9.17) is 0 Å². The monoisotopic (exact) mass is 419 g/mol. The molecule has 1 aliphatic rings. The van der Waals surface area contributed by atoms with Gasteiger partial charge in [-0.05, 0) is 37.3 Å². The molecule has 0 bridgehead atoms. The number of nitrogens with zero attached hydrogens (tertiary/aromatic N) is 3. The van der Waals surface area contributed by atoms with E-state index in [-0.39, 0.29) is 11.4 Å². The van der Waals surface area contributed by atoms with Crippen LogP contribution in [0.1, 0.15) is 17.3 Å². The second kappa shape index (κ2) is 8.18. The molecule has 1 atom stereocenters. The summed E-state index contributed by atoms with van der Waals surface area (Å²) in [5.41, 5.74) is 0.856. The molecule has 0 saturated carbocycles. The fraction of sp³-hybridized carbons (Fsp3) is 0.316. The van der Waals surface area contributed by atoms with Gasteiger partial charge in [0.25, 0.3) is 5.69 Å². The Balaban J connectivity index is 1.80. The molecule has 2 aromatic rings. The molecule has 29 heavy (non-hydrogen) atoms. The van der Waals surface area contributed by atoms with Crippen molar-refractivity contribution < 1.29 is 22.9 Å². The Hall–Kier alpha value is -2.98. The van der Waals surface area contributed by atoms with Crippen molar-refractivity contribution in [1.82, 2.24) is 4.31 Å². The standard InChI is InChI=1S/C19H21N3O6S/c1-14-13-20(16-9-7-15(8-10-16)19(23)28-2)11-12-21(14)29(26,27)18-6-4-3-5-17(18)22(24)25/h3-10,14H,11-13H2,1-2H3. The Morgan fingerprint density at radius 2 is 1.79 bits per heavy atom. The van der Waals surface area contributed by atoms with E-state index in [9.17, 15) is 23.3 Å². The molecule has 0 N–H and O–H groups in total. The smallest absolute Gasteiger partial charge is 0.337 e. The fourth-order valence-electron chi connectivity index (χ4n) is 3.41. The van der Waals surface area contributed by atoms with Crippen LogP contribution >= 0.6 is 0 Å². The zero-order chi connectivity index (χ0) is 21.2. The third kappa shape index (κ3) is 4.08. The molecule has 2 aromatic carbocycles. The van der Waals surface area contributed by atoms with Gasteiger partial charge in [0, 0.05) is 37.4 Å². The number of esters is 1. The number of benzene rings is 2. The predicted molar refractivity (Wildman–Crippen MR) is 106 cm³/mol. The van der Waals surface area contributed by atoms with Gasteiger partial charge < -0.3 is 9.64 Å². The van der Waals surface area contributed by atoms with Crippen molar-refractivity contribution in [3.05, 3.63) is 64.2 Å². The Morgan fingerprint density at radius 1 is 1.14 bits per heavy atom. The van der Waals surface area contributed by atoms with E-state index in [0.717, 1.165) is 5.69 Å². The third-order valence-electron chi connectivity index (χ3n) is 4.87. The van der Waals surface area contributed by atoms with Crippen molar-refractivity contribution in [3.63, 3.8) is 0 Å². The zero-order valence-corrected chi connectivity index (χ0v) is 16.8. The van der Waals surface area contributed by atoms with Crippen LogP contribution in [0.5, 0.6) is 0 Å². The van der Waals surface area contributed by atoms with Crippen LogP contribution in [0.2, 0.25) is 0 Å². The zero-order valence-electron chi connectivity index (χ0n) is 16.0. The predicted octanol–water partition coefficient (Wildman–Crippen LogP) is 2.28. The molecule has 0 spiro atoms. The lowest BCUT2D eigenvalue weighted by Gasteiger charge is -2.40. The second-order valence-corrected chi connectivity index (χ2v) is 8.53. The highest BCUT2D eigenvalue weighted by Gasteiger charge is 2.37. The molecule has 0 aromatic heterocycles. The lowest BCUT2D eigenvalue weighted by Crippen LogP contribution is -2.54. The summed E-state index contributed by atoms with van der Waals surface area (Å²) in [6.45, 7) is 2.79. The van der Waals surface area contributed by atoms with E-state index in [2.05, 4.69) is 4.74 Å². The number of nitro benzene ring substituents is 1. The van der Waals surface area contributed by atoms with Gasteiger partial charge in [-0.1, -0.05) is 12.1 Å². The summed E-state index contributed by atoms with van der Waals surface area (Å²) in [5, 5.41) is 11.2. The van der Waals surface area contributed by atoms with Crippen molar-refractivity contribution >= 4 is 27.4 Å². The average Bonchev–Trinajstić information content (AvgIpc) is 2.73. The first kappa shape index (κ1) is 20.7. The number of hydrogen-bond acceptors (Lipinski definition) is 7. The second-order valence-electron chi connectivity index (χ2n) is 6.67. The molecule has 1 saturated heterocycles. The van der Waals surface area contributed by atoms with Gasteiger partial charge in [-0.3, -0.25) is 10.1 Å². The van der Waals surface area contributed by atoms with Gasteiger partial charge in [-0.2, -0.15) is 4.31 Å². The number of methoxy groups -OCH3 is 1. The number of hydrogen-bond donors (Lipinski definition) is 0. The average molecular weight is 419 g/mol. The van der Waals surface area contributed by atoms with Gasteiger partial charge >= 0.3 is 5.97 Å². The van der Waals surface area contributed by atoms with Gasteiger partial charge in [0.1, 0.15) is 0 Å². The Bertz CT molecular complexity index is 1020. The highest BCUT2D eigenvalue weighted by atomic mass is 32.2. The molecular formula is C19H21N3O6S. The van der Waals surface area contributed by atoms with Crippen molar-refractivity contribution in [2.24, 2.45) is 0 Å². The molecule has 154 valence electrons. The highest BCUT2D eigenvalue weighted by molar-refractivity contribution is 7.89. The van der Waals surface area contributed by atoms with Gasteiger partial charge in [-0.25, -0.2) is 13.2 Å². The molecule has 1 unspecified atom stereocenters. The number of carbonyl (C=O) groups excluding carboxylic acids is 1. The maximum Gasteiger partial charge on any atom is 0.337 e. The molecule has 9 nitrogen and oxygen atoms in total. The van der Waals surface area contributed by atoms with Crippen LogP contribution in [0, 0.1) is 10.1 Å². The van der Waals surface area contributed by atoms with Crippen LogP contribution in [0.25, 0.3) is 0 Å². The summed E-state index contributed by atoms with van der Waals surface area (Å²) in [6, 6.07) is 11.9. The molecule has 1 aliphatic heterocycles. The number of piperazine rings is 1.